The van der Waals surface area contributed by atoms with Crippen LogP contribution in [0.25, 0.3) is 0 Å². The van der Waals surface area contributed by atoms with Gasteiger partial charge in [0, 0.05) is 23.7 Å². The van der Waals surface area contributed by atoms with E-state index in [1.165, 1.54) is 11.3 Å². The maximum Gasteiger partial charge on any atom is 0.274 e. The summed E-state index contributed by atoms with van der Waals surface area (Å²) in [5.74, 6) is 3.64. The lowest BCUT2D eigenvalue weighted by atomic mass is 10.3. The van der Waals surface area contributed by atoms with E-state index >= 15 is 0 Å². The second-order valence-corrected chi connectivity index (χ2v) is 8.41. The van der Waals surface area contributed by atoms with Gasteiger partial charge in [0.05, 0.1) is 17.2 Å². The number of nitrogens with zero attached hydrogens (tertiary/aromatic N) is 2. The smallest absolute Gasteiger partial charge is 0.274 e. The normalized spacial score (nSPS) is 12.9. The number of furan rings is 1. The Hall–Kier alpha value is -2.01. The molecule has 0 spiro atoms. The first-order valence-electron chi connectivity index (χ1n) is 8.78. The first-order valence-corrected chi connectivity index (χ1v) is 10.8. The third kappa shape index (κ3) is 8.34. The molecule has 2 aromatic rings. The van der Waals surface area contributed by atoms with Gasteiger partial charge in [0.25, 0.3) is 6.20 Å². The zero-order valence-corrected chi connectivity index (χ0v) is 17.6. The molecule has 0 saturated carbocycles. The molecule has 3 N–H and O–H groups in total. The molecule has 2 rings (SSSR count). The number of nitrogens with one attached hydrogen (secondary N) is 2. The summed E-state index contributed by atoms with van der Waals surface area (Å²) in [7, 11) is 3.98. The van der Waals surface area contributed by atoms with Crippen molar-refractivity contribution in [1.29, 1.82) is 0 Å². The summed E-state index contributed by atoms with van der Waals surface area (Å²) in [6.07, 6.45) is 0.174. The van der Waals surface area contributed by atoms with Crippen LogP contribution in [0.2, 0.25) is 0 Å². The highest BCUT2D eigenvalue weighted by atomic mass is 32.2. The van der Waals surface area contributed by atoms with Crippen LogP contribution in [-0.2, 0) is 12.3 Å². The molecule has 28 heavy (non-hydrogen) atoms. The van der Waals surface area contributed by atoms with Crippen molar-refractivity contribution in [3.63, 3.8) is 0 Å². The summed E-state index contributed by atoms with van der Waals surface area (Å²) in [4.78, 5) is 13.1. The number of aliphatic hydroxyl groups is 1. The molecule has 1 atom stereocenters. The highest BCUT2D eigenvalue weighted by molar-refractivity contribution is 7.98. The van der Waals surface area contributed by atoms with Gasteiger partial charge in [-0.2, -0.15) is 11.8 Å². The molecule has 1 unspecified atom stereocenters. The summed E-state index contributed by atoms with van der Waals surface area (Å²) in [6.45, 7) is 1.52. The Morgan fingerprint density at radius 3 is 2.86 bits per heavy atom. The Kier molecular flexibility index (Phi) is 9.35. The molecular formula is C18H26N4O4S2. The Balaban J connectivity index is 1.70. The lowest BCUT2D eigenvalue weighted by Crippen LogP contribution is -2.31. The van der Waals surface area contributed by atoms with E-state index in [4.69, 9.17) is 4.42 Å². The van der Waals surface area contributed by atoms with Gasteiger partial charge in [-0.15, -0.1) is 11.3 Å². The summed E-state index contributed by atoms with van der Waals surface area (Å²) in [6, 6.07) is 7.64. The van der Waals surface area contributed by atoms with Crippen LogP contribution < -0.4 is 10.6 Å². The van der Waals surface area contributed by atoms with E-state index in [0.717, 1.165) is 40.6 Å². The fraction of sp³-hybridized carbons (Fsp3) is 0.444. The van der Waals surface area contributed by atoms with Crippen LogP contribution in [0.3, 0.4) is 0 Å². The lowest BCUT2D eigenvalue weighted by molar-refractivity contribution is -0.404. The maximum atomic E-state index is 10.8. The van der Waals surface area contributed by atoms with Gasteiger partial charge in [0.15, 0.2) is 5.82 Å². The minimum atomic E-state index is -0.707. The summed E-state index contributed by atoms with van der Waals surface area (Å²) >= 11 is 3.12. The van der Waals surface area contributed by atoms with Crippen molar-refractivity contribution in [2.75, 3.05) is 32.9 Å². The zero-order chi connectivity index (χ0) is 20.4. The second kappa shape index (κ2) is 11.7. The quantitative estimate of drug-likeness (QED) is 0.255. The average molecular weight is 427 g/mol. The van der Waals surface area contributed by atoms with Crippen molar-refractivity contribution in [3.8, 4) is 0 Å². The molecule has 0 bridgehead atoms. The molecule has 0 aromatic carbocycles. The van der Waals surface area contributed by atoms with E-state index in [0.29, 0.717) is 6.54 Å². The molecule has 0 fully saturated rings. The van der Waals surface area contributed by atoms with Gasteiger partial charge in [-0.3, -0.25) is 10.1 Å². The van der Waals surface area contributed by atoms with Crippen LogP contribution in [0.1, 0.15) is 22.5 Å². The summed E-state index contributed by atoms with van der Waals surface area (Å²) in [5, 5.41) is 28.7. The molecule has 0 aliphatic carbocycles. The van der Waals surface area contributed by atoms with Crippen molar-refractivity contribution in [1.82, 2.24) is 15.5 Å². The highest BCUT2D eigenvalue weighted by Gasteiger charge is 2.10. The Bertz CT molecular complexity index is 747. The third-order valence-corrected chi connectivity index (χ3v) is 5.54. The van der Waals surface area contributed by atoms with Crippen LogP contribution in [0.4, 0.5) is 0 Å². The number of nitro groups is 1. The van der Waals surface area contributed by atoms with Crippen LogP contribution in [-0.4, -0.2) is 47.9 Å². The van der Waals surface area contributed by atoms with Crippen molar-refractivity contribution < 1.29 is 14.4 Å². The van der Waals surface area contributed by atoms with Crippen LogP contribution in [0, 0.1) is 10.1 Å². The van der Waals surface area contributed by atoms with Gasteiger partial charge in [-0.1, -0.05) is 6.07 Å². The number of hydrogen-bond donors (Lipinski definition) is 3. The third-order valence-electron chi connectivity index (χ3n) is 3.59. The number of thiophene rings is 1. The van der Waals surface area contributed by atoms with E-state index in [9.17, 15) is 15.2 Å². The standard InChI is InChI=1S/C18H26N4O4S2/c1-21(2)11-14-5-6-15(26-14)13-27-9-7-19-18(12-22(24)25)20-10-16(23)17-4-3-8-28-17/h3-6,8,12,16,19-20,23H,7,9-11,13H2,1-2H3/b18-12-. The fourth-order valence-corrected chi connectivity index (χ4v) is 3.83. The van der Waals surface area contributed by atoms with Crippen LogP contribution in [0.5, 0.6) is 0 Å². The summed E-state index contributed by atoms with van der Waals surface area (Å²) < 4.78 is 5.75. The van der Waals surface area contributed by atoms with Gasteiger partial charge in [-0.25, -0.2) is 0 Å². The van der Waals surface area contributed by atoms with Gasteiger partial charge in [-0.05, 0) is 37.7 Å². The molecule has 154 valence electrons. The lowest BCUT2D eigenvalue weighted by Gasteiger charge is -2.14. The molecule has 10 heteroatoms. The number of thioether (sulfide) groups is 1. The molecule has 0 saturated heterocycles. The van der Waals surface area contributed by atoms with Gasteiger partial charge in [0.1, 0.15) is 17.6 Å². The number of hydrogen-bond acceptors (Lipinski definition) is 9. The largest absolute Gasteiger partial charge is 0.464 e. The molecule has 0 aliphatic heterocycles. The number of rotatable bonds is 13. The van der Waals surface area contributed by atoms with Gasteiger partial charge in [0.2, 0.25) is 0 Å². The Morgan fingerprint density at radius 1 is 1.39 bits per heavy atom. The minimum Gasteiger partial charge on any atom is -0.464 e. The van der Waals surface area contributed by atoms with Crippen LogP contribution >= 0.6 is 23.1 Å². The predicted molar refractivity (Wildman–Crippen MR) is 113 cm³/mol. The van der Waals surface area contributed by atoms with Gasteiger partial charge >= 0.3 is 0 Å². The van der Waals surface area contributed by atoms with Crippen molar-refractivity contribution in [2.24, 2.45) is 0 Å². The fourth-order valence-electron chi connectivity index (χ4n) is 2.37. The van der Waals surface area contributed by atoms with E-state index < -0.39 is 11.0 Å². The average Bonchev–Trinajstić information content (AvgIpc) is 3.30. The van der Waals surface area contributed by atoms with Crippen LogP contribution in [0.15, 0.2) is 46.1 Å². The Labute approximate surface area is 172 Å². The first-order chi connectivity index (χ1) is 13.4. The zero-order valence-electron chi connectivity index (χ0n) is 16.0. The minimum absolute atomic E-state index is 0.196. The highest BCUT2D eigenvalue weighted by Crippen LogP contribution is 2.18. The molecule has 2 heterocycles. The van der Waals surface area contributed by atoms with Crippen molar-refractivity contribution in [3.05, 3.63) is 68.2 Å². The topological polar surface area (TPSA) is 104 Å². The van der Waals surface area contributed by atoms with E-state index in [1.54, 1.807) is 11.8 Å². The monoisotopic (exact) mass is 426 g/mol. The summed E-state index contributed by atoms with van der Waals surface area (Å²) in [5.41, 5.74) is 0. The number of aliphatic hydroxyl groups excluding tert-OH is 1. The molecule has 8 nitrogen and oxygen atoms in total. The van der Waals surface area contributed by atoms with Gasteiger partial charge < -0.3 is 25.1 Å². The molecule has 0 amide bonds. The molecule has 2 aromatic heterocycles. The van der Waals surface area contributed by atoms with Crippen molar-refractivity contribution >= 4 is 23.1 Å². The molecular weight excluding hydrogens is 400 g/mol. The second-order valence-electron chi connectivity index (χ2n) is 6.33. The van der Waals surface area contributed by atoms with Crippen molar-refractivity contribution in [2.45, 2.75) is 18.4 Å². The maximum absolute atomic E-state index is 10.8. The van der Waals surface area contributed by atoms with E-state index in [1.807, 2.05) is 48.6 Å². The Morgan fingerprint density at radius 2 is 2.18 bits per heavy atom. The predicted octanol–water partition coefficient (Wildman–Crippen LogP) is 2.62. The van der Waals surface area contributed by atoms with E-state index in [2.05, 4.69) is 10.6 Å². The first kappa shape index (κ1) is 22.3. The van der Waals surface area contributed by atoms with E-state index in [-0.39, 0.29) is 12.4 Å². The SMILES string of the molecule is CN(C)Cc1ccc(CSCCN/C(=C/[N+](=O)[O-])NCC(O)c2cccs2)o1. The molecule has 0 aliphatic rings. The molecule has 0 radical (unpaired) electrons.